The minimum Gasteiger partial charge on any atom is -0.508 e. The van der Waals surface area contributed by atoms with Crippen molar-refractivity contribution in [2.45, 2.75) is 32.6 Å². The minimum atomic E-state index is 0.0700. The highest BCUT2D eigenvalue weighted by Gasteiger charge is 2.21. The summed E-state index contributed by atoms with van der Waals surface area (Å²) in [5.41, 5.74) is 0.657. The lowest BCUT2D eigenvalue weighted by atomic mass is 10.1. The second-order valence-electron chi connectivity index (χ2n) is 5.74. The number of phenolic OH excluding ortho intramolecular Hbond substituents is 1. The number of hydrogen-bond donors (Lipinski definition) is 1. The summed E-state index contributed by atoms with van der Waals surface area (Å²) in [6, 6.07) is 6.51. The Morgan fingerprint density at radius 2 is 1.71 bits per heavy atom. The molecule has 1 aliphatic rings. The van der Waals surface area contributed by atoms with Crippen LogP contribution in [0, 0.1) is 0 Å². The van der Waals surface area contributed by atoms with E-state index in [2.05, 4.69) is 11.8 Å². The summed E-state index contributed by atoms with van der Waals surface area (Å²) in [4.78, 5) is 16.7. The summed E-state index contributed by atoms with van der Waals surface area (Å²) >= 11 is 0. The Kier molecular flexibility index (Phi) is 6.05. The van der Waals surface area contributed by atoms with Crippen LogP contribution in [0.5, 0.6) is 5.75 Å². The van der Waals surface area contributed by atoms with Crippen LogP contribution in [0.3, 0.4) is 0 Å². The molecule has 4 nitrogen and oxygen atoms in total. The maximum Gasteiger partial charge on any atom is 0.253 e. The zero-order valence-corrected chi connectivity index (χ0v) is 12.9. The van der Waals surface area contributed by atoms with Crippen LogP contribution < -0.4 is 0 Å². The van der Waals surface area contributed by atoms with Crippen molar-refractivity contribution in [3.63, 3.8) is 0 Å². The Balaban J connectivity index is 1.75. The van der Waals surface area contributed by atoms with E-state index in [4.69, 9.17) is 0 Å². The molecule has 0 unspecified atom stereocenters. The Labute approximate surface area is 127 Å². The van der Waals surface area contributed by atoms with E-state index in [0.717, 1.165) is 32.7 Å². The standard InChI is InChI=1S/C17H26N2O2/c1-2-3-4-5-10-18-11-13-19(14-12-18)17(21)15-6-8-16(20)9-7-15/h6-9,20H,2-5,10-14H2,1H3. The third-order valence-corrected chi connectivity index (χ3v) is 4.10. The van der Waals surface area contributed by atoms with Gasteiger partial charge in [0.15, 0.2) is 0 Å². The molecular formula is C17H26N2O2. The summed E-state index contributed by atoms with van der Waals surface area (Å²) in [6.07, 6.45) is 5.16. The molecule has 2 rings (SSSR count). The van der Waals surface area contributed by atoms with Crippen molar-refractivity contribution in [2.75, 3.05) is 32.7 Å². The average Bonchev–Trinajstić information content (AvgIpc) is 2.52. The van der Waals surface area contributed by atoms with Crippen molar-refractivity contribution < 1.29 is 9.90 Å². The Morgan fingerprint density at radius 3 is 2.33 bits per heavy atom. The van der Waals surface area contributed by atoms with Crippen LogP contribution in [-0.2, 0) is 0 Å². The summed E-state index contributed by atoms with van der Waals surface area (Å²) in [6.45, 7) is 6.92. The number of rotatable bonds is 6. The van der Waals surface area contributed by atoms with E-state index in [-0.39, 0.29) is 11.7 Å². The van der Waals surface area contributed by atoms with E-state index in [1.807, 2.05) is 4.90 Å². The average molecular weight is 290 g/mol. The first kappa shape index (κ1) is 15.8. The summed E-state index contributed by atoms with van der Waals surface area (Å²) in [5, 5.41) is 9.27. The topological polar surface area (TPSA) is 43.8 Å². The normalized spacial score (nSPS) is 16.1. The Morgan fingerprint density at radius 1 is 1.05 bits per heavy atom. The van der Waals surface area contributed by atoms with E-state index >= 15 is 0 Å². The number of nitrogens with zero attached hydrogens (tertiary/aromatic N) is 2. The number of amides is 1. The molecular weight excluding hydrogens is 264 g/mol. The number of unbranched alkanes of at least 4 members (excludes halogenated alkanes) is 3. The van der Waals surface area contributed by atoms with Gasteiger partial charge in [-0.2, -0.15) is 0 Å². The first-order chi connectivity index (χ1) is 10.2. The maximum atomic E-state index is 12.3. The molecule has 116 valence electrons. The van der Waals surface area contributed by atoms with E-state index < -0.39 is 0 Å². The van der Waals surface area contributed by atoms with Crippen LogP contribution in [0.25, 0.3) is 0 Å². The molecule has 1 aromatic rings. The maximum absolute atomic E-state index is 12.3. The number of phenols is 1. The lowest BCUT2D eigenvalue weighted by Crippen LogP contribution is -2.48. The smallest absolute Gasteiger partial charge is 0.253 e. The van der Waals surface area contributed by atoms with Crippen molar-refractivity contribution in [1.82, 2.24) is 9.80 Å². The highest BCUT2D eigenvalue weighted by Crippen LogP contribution is 2.13. The molecule has 21 heavy (non-hydrogen) atoms. The molecule has 1 heterocycles. The Bertz CT molecular complexity index is 437. The molecule has 1 aliphatic heterocycles. The number of benzene rings is 1. The van der Waals surface area contributed by atoms with Crippen molar-refractivity contribution in [1.29, 1.82) is 0 Å². The quantitative estimate of drug-likeness (QED) is 0.819. The molecule has 0 atom stereocenters. The predicted molar refractivity (Wildman–Crippen MR) is 84.6 cm³/mol. The van der Waals surface area contributed by atoms with Gasteiger partial charge in [0.2, 0.25) is 0 Å². The van der Waals surface area contributed by atoms with Gasteiger partial charge < -0.3 is 10.0 Å². The van der Waals surface area contributed by atoms with Gasteiger partial charge in [0, 0.05) is 31.7 Å². The van der Waals surface area contributed by atoms with Crippen molar-refractivity contribution in [3.05, 3.63) is 29.8 Å². The van der Waals surface area contributed by atoms with Gasteiger partial charge >= 0.3 is 0 Å². The zero-order chi connectivity index (χ0) is 15.1. The third-order valence-electron chi connectivity index (χ3n) is 4.10. The highest BCUT2D eigenvalue weighted by atomic mass is 16.3. The van der Waals surface area contributed by atoms with Crippen LogP contribution in [0.1, 0.15) is 43.0 Å². The fourth-order valence-corrected chi connectivity index (χ4v) is 2.72. The predicted octanol–water partition coefficient (Wildman–Crippen LogP) is 2.73. The second-order valence-corrected chi connectivity index (χ2v) is 5.74. The van der Waals surface area contributed by atoms with Gasteiger partial charge in [0.25, 0.3) is 5.91 Å². The van der Waals surface area contributed by atoms with Crippen molar-refractivity contribution in [2.24, 2.45) is 0 Å². The number of aromatic hydroxyl groups is 1. The van der Waals surface area contributed by atoms with Crippen LogP contribution in [0.15, 0.2) is 24.3 Å². The monoisotopic (exact) mass is 290 g/mol. The van der Waals surface area contributed by atoms with Crippen LogP contribution in [0.2, 0.25) is 0 Å². The van der Waals surface area contributed by atoms with Gasteiger partial charge in [-0.1, -0.05) is 26.2 Å². The number of carbonyl (C=O) groups excluding carboxylic acids is 1. The fraction of sp³-hybridized carbons (Fsp3) is 0.588. The second kappa shape index (κ2) is 8.03. The molecule has 1 fully saturated rings. The van der Waals surface area contributed by atoms with Crippen molar-refractivity contribution in [3.8, 4) is 5.75 Å². The molecule has 0 radical (unpaired) electrons. The van der Waals surface area contributed by atoms with Gasteiger partial charge in [-0.05, 0) is 37.2 Å². The molecule has 1 amide bonds. The molecule has 4 heteroatoms. The molecule has 0 aromatic heterocycles. The highest BCUT2D eigenvalue weighted by molar-refractivity contribution is 5.94. The molecule has 0 aliphatic carbocycles. The SMILES string of the molecule is CCCCCCN1CCN(C(=O)c2ccc(O)cc2)CC1. The van der Waals surface area contributed by atoms with E-state index in [0.29, 0.717) is 5.56 Å². The van der Waals surface area contributed by atoms with Crippen molar-refractivity contribution >= 4 is 5.91 Å². The first-order valence-electron chi connectivity index (χ1n) is 8.01. The van der Waals surface area contributed by atoms with Gasteiger partial charge in [0.1, 0.15) is 5.75 Å². The Hall–Kier alpha value is -1.55. The van der Waals surface area contributed by atoms with Crippen LogP contribution >= 0.6 is 0 Å². The minimum absolute atomic E-state index is 0.0700. The van der Waals surface area contributed by atoms with E-state index in [1.54, 1.807) is 24.3 Å². The summed E-state index contributed by atoms with van der Waals surface area (Å²) in [5.74, 6) is 0.268. The first-order valence-corrected chi connectivity index (χ1v) is 8.01. The van der Waals surface area contributed by atoms with Gasteiger partial charge in [0.05, 0.1) is 0 Å². The van der Waals surface area contributed by atoms with Gasteiger partial charge in [-0.25, -0.2) is 0 Å². The van der Waals surface area contributed by atoms with Gasteiger partial charge in [-0.3, -0.25) is 9.69 Å². The molecule has 0 bridgehead atoms. The molecule has 1 aromatic carbocycles. The van der Waals surface area contributed by atoms with Gasteiger partial charge in [-0.15, -0.1) is 0 Å². The molecule has 1 N–H and O–H groups in total. The van der Waals surface area contributed by atoms with E-state index in [9.17, 15) is 9.90 Å². The number of hydrogen-bond acceptors (Lipinski definition) is 3. The zero-order valence-electron chi connectivity index (χ0n) is 12.9. The number of carbonyl (C=O) groups is 1. The third kappa shape index (κ3) is 4.74. The summed E-state index contributed by atoms with van der Waals surface area (Å²) in [7, 11) is 0. The lowest BCUT2D eigenvalue weighted by molar-refractivity contribution is 0.0635. The van der Waals surface area contributed by atoms with Crippen LogP contribution in [-0.4, -0.2) is 53.5 Å². The number of piperazine rings is 1. The lowest BCUT2D eigenvalue weighted by Gasteiger charge is -2.34. The largest absolute Gasteiger partial charge is 0.508 e. The molecule has 0 saturated carbocycles. The van der Waals surface area contributed by atoms with E-state index in [1.165, 1.54) is 25.7 Å². The van der Waals surface area contributed by atoms with Crippen LogP contribution in [0.4, 0.5) is 0 Å². The molecule has 0 spiro atoms. The fourth-order valence-electron chi connectivity index (χ4n) is 2.72. The summed E-state index contributed by atoms with van der Waals surface area (Å²) < 4.78 is 0. The molecule has 1 saturated heterocycles.